The molecule has 0 saturated heterocycles. The Morgan fingerprint density at radius 2 is 1.88 bits per heavy atom. The highest BCUT2D eigenvalue weighted by Gasteiger charge is 2.30. The van der Waals surface area contributed by atoms with Crippen LogP contribution in [0.2, 0.25) is 0 Å². The van der Waals surface area contributed by atoms with Crippen molar-refractivity contribution in [2.45, 2.75) is 6.54 Å². The van der Waals surface area contributed by atoms with Gasteiger partial charge in [0.1, 0.15) is 18.0 Å². The van der Waals surface area contributed by atoms with E-state index in [0.717, 1.165) is 16.5 Å². The van der Waals surface area contributed by atoms with E-state index >= 15 is 0 Å². The molecule has 0 unspecified atom stereocenters. The highest BCUT2D eigenvalue weighted by atomic mass is 16.5. The first-order valence-corrected chi connectivity index (χ1v) is 10.2. The summed E-state index contributed by atoms with van der Waals surface area (Å²) in [4.78, 5) is 31.3. The SMILES string of the molecule is COc1ccc(-c2noc(CNC(=O)CN3C(=O)c4cccc5cccc3c45)n2)c(OC)c1. The summed E-state index contributed by atoms with van der Waals surface area (Å²) in [5.41, 5.74) is 1.97. The van der Waals surface area contributed by atoms with Crippen LogP contribution in [0.15, 0.2) is 59.1 Å². The maximum absolute atomic E-state index is 12.8. The van der Waals surface area contributed by atoms with Crippen molar-refractivity contribution >= 4 is 28.3 Å². The molecule has 9 heteroatoms. The molecule has 0 fully saturated rings. The van der Waals surface area contributed by atoms with Crippen molar-refractivity contribution in [3.05, 3.63) is 66.1 Å². The van der Waals surface area contributed by atoms with Crippen molar-refractivity contribution in [1.82, 2.24) is 15.5 Å². The lowest BCUT2D eigenvalue weighted by atomic mass is 10.1. The molecule has 1 aliphatic heterocycles. The number of amides is 2. The van der Waals surface area contributed by atoms with E-state index in [9.17, 15) is 9.59 Å². The highest BCUT2D eigenvalue weighted by Crippen LogP contribution is 2.37. The van der Waals surface area contributed by atoms with Gasteiger partial charge in [0.15, 0.2) is 0 Å². The van der Waals surface area contributed by atoms with E-state index in [2.05, 4.69) is 15.5 Å². The smallest absolute Gasteiger partial charge is 0.259 e. The number of benzene rings is 3. The maximum atomic E-state index is 12.8. The molecule has 33 heavy (non-hydrogen) atoms. The monoisotopic (exact) mass is 444 g/mol. The first-order chi connectivity index (χ1) is 16.1. The third-order valence-corrected chi connectivity index (χ3v) is 5.51. The molecule has 3 aromatic carbocycles. The van der Waals surface area contributed by atoms with Crippen molar-refractivity contribution in [1.29, 1.82) is 0 Å². The highest BCUT2D eigenvalue weighted by molar-refractivity contribution is 6.26. The van der Waals surface area contributed by atoms with Gasteiger partial charge in [-0.15, -0.1) is 0 Å². The van der Waals surface area contributed by atoms with Crippen LogP contribution in [0.4, 0.5) is 5.69 Å². The summed E-state index contributed by atoms with van der Waals surface area (Å²) in [5, 5.41) is 8.55. The standard InChI is InChI=1S/C24H20N4O5/c1-31-15-9-10-16(19(11-15)32-2)23-26-21(33-27-23)12-25-20(29)13-28-18-8-4-6-14-5-3-7-17(22(14)18)24(28)30/h3-11H,12-13H2,1-2H3,(H,25,29). The molecule has 166 valence electrons. The lowest BCUT2D eigenvalue weighted by Crippen LogP contribution is -2.38. The molecule has 0 saturated carbocycles. The molecule has 2 heterocycles. The van der Waals surface area contributed by atoms with Gasteiger partial charge in [0.05, 0.1) is 32.0 Å². The number of anilines is 1. The quantitative estimate of drug-likeness (QED) is 0.467. The molecular formula is C24H20N4O5. The van der Waals surface area contributed by atoms with Crippen molar-refractivity contribution < 1.29 is 23.6 Å². The second kappa shape index (κ2) is 8.27. The number of nitrogens with zero attached hydrogens (tertiary/aromatic N) is 3. The molecule has 1 aromatic heterocycles. The molecule has 1 N–H and O–H groups in total. The van der Waals surface area contributed by atoms with Crippen LogP contribution in [-0.4, -0.2) is 42.7 Å². The molecule has 4 aromatic rings. The van der Waals surface area contributed by atoms with Crippen LogP contribution < -0.4 is 19.7 Å². The molecule has 5 rings (SSSR count). The molecule has 0 bridgehead atoms. The predicted molar refractivity (Wildman–Crippen MR) is 120 cm³/mol. The van der Waals surface area contributed by atoms with Crippen molar-refractivity contribution in [2.75, 3.05) is 25.7 Å². The van der Waals surface area contributed by atoms with Gasteiger partial charge in [-0.05, 0) is 29.7 Å². The van der Waals surface area contributed by atoms with E-state index < -0.39 is 0 Å². The molecule has 2 amide bonds. The van der Waals surface area contributed by atoms with Gasteiger partial charge in [-0.2, -0.15) is 4.98 Å². The number of nitrogens with one attached hydrogen (secondary N) is 1. The molecule has 1 aliphatic rings. The van der Waals surface area contributed by atoms with Gasteiger partial charge in [-0.3, -0.25) is 14.5 Å². The summed E-state index contributed by atoms with van der Waals surface area (Å²) in [7, 11) is 3.11. The molecular weight excluding hydrogens is 424 g/mol. The molecule has 9 nitrogen and oxygen atoms in total. The summed E-state index contributed by atoms with van der Waals surface area (Å²) in [6.07, 6.45) is 0. The van der Waals surface area contributed by atoms with Crippen LogP contribution in [0.1, 0.15) is 16.2 Å². The lowest BCUT2D eigenvalue weighted by molar-refractivity contribution is -0.120. The number of carbonyl (C=O) groups excluding carboxylic acids is 2. The number of aromatic nitrogens is 2. The van der Waals surface area contributed by atoms with E-state index in [1.165, 1.54) is 12.0 Å². The van der Waals surface area contributed by atoms with Crippen LogP contribution in [0.25, 0.3) is 22.2 Å². The van der Waals surface area contributed by atoms with E-state index in [1.807, 2.05) is 30.3 Å². The zero-order chi connectivity index (χ0) is 22.9. The number of carbonyl (C=O) groups is 2. The number of ether oxygens (including phenoxy) is 2. The van der Waals surface area contributed by atoms with Crippen LogP contribution in [0, 0.1) is 0 Å². The van der Waals surface area contributed by atoms with Gasteiger partial charge < -0.3 is 19.3 Å². The lowest BCUT2D eigenvalue weighted by Gasteiger charge is -2.16. The normalized spacial score (nSPS) is 12.3. The zero-order valence-electron chi connectivity index (χ0n) is 18.0. The van der Waals surface area contributed by atoms with Crippen LogP contribution in [0.5, 0.6) is 11.5 Å². The Bertz CT molecular complexity index is 1380. The Morgan fingerprint density at radius 3 is 2.67 bits per heavy atom. The van der Waals surface area contributed by atoms with Crippen LogP contribution >= 0.6 is 0 Å². The fourth-order valence-electron chi connectivity index (χ4n) is 3.93. The minimum atomic E-state index is -0.338. The summed E-state index contributed by atoms with van der Waals surface area (Å²) in [6.45, 7) is -0.0800. The third kappa shape index (κ3) is 3.63. The average molecular weight is 444 g/mol. The Balaban J connectivity index is 1.27. The van der Waals surface area contributed by atoms with E-state index in [0.29, 0.717) is 28.5 Å². The fraction of sp³-hybridized carbons (Fsp3) is 0.167. The minimum absolute atomic E-state index is 0.0312. The predicted octanol–water partition coefficient (Wildman–Crippen LogP) is 3.18. The zero-order valence-corrected chi connectivity index (χ0v) is 18.0. The first kappa shape index (κ1) is 20.5. The molecule has 0 spiro atoms. The molecule has 0 atom stereocenters. The van der Waals surface area contributed by atoms with E-state index in [-0.39, 0.29) is 30.8 Å². The first-order valence-electron chi connectivity index (χ1n) is 10.2. The van der Waals surface area contributed by atoms with Crippen LogP contribution in [-0.2, 0) is 11.3 Å². The van der Waals surface area contributed by atoms with Crippen molar-refractivity contribution in [3.8, 4) is 22.9 Å². The third-order valence-electron chi connectivity index (χ3n) is 5.51. The van der Waals surface area contributed by atoms with Gasteiger partial charge in [-0.25, -0.2) is 0 Å². The van der Waals surface area contributed by atoms with Gasteiger partial charge in [0.2, 0.25) is 17.6 Å². The molecule has 0 radical (unpaired) electrons. The number of methoxy groups -OCH3 is 2. The summed E-state index contributed by atoms with van der Waals surface area (Å²) in [5.74, 6) is 1.21. The topological polar surface area (TPSA) is 107 Å². The maximum Gasteiger partial charge on any atom is 0.259 e. The summed E-state index contributed by atoms with van der Waals surface area (Å²) in [6, 6.07) is 16.5. The largest absolute Gasteiger partial charge is 0.497 e. The number of hydrogen-bond donors (Lipinski definition) is 1. The Hall–Kier alpha value is -4.40. The average Bonchev–Trinajstić information content (AvgIpc) is 3.43. The van der Waals surface area contributed by atoms with E-state index in [4.69, 9.17) is 14.0 Å². The van der Waals surface area contributed by atoms with Crippen molar-refractivity contribution in [2.24, 2.45) is 0 Å². The number of rotatable bonds is 7. The van der Waals surface area contributed by atoms with Gasteiger partial charge in [0.25, 0.3) is 5.91 Å². The van der Waals surface area contributed by atoms with Gasteiger partial charge >= 0.3 is 0 Å². The second-order valence-corrected chi connectivity index (χ2v) is 7.43. The molecule has 0 aliphatic carbocycles. The Kier molecular flexibility index (Phi) is 5.14. The Morgan fingerprint density at radius 1 is 1.06 bits per heavy atom. The van der Waals surface area contributed by atoms with Crippen molar-refractivity contribution in [3.63, 3.8) is 0 Å². The van der Waals surface area contributed by atoms with Gasteiger partial charge in [0, 0.05) is 17.0 Å². The Labute approximate surface area is 188 Å². The number of hydrogen-bond acceptors (Lipinski definition) is 7. The summed E-state index contributed by atoms with van der Waals surface area (Å²) >= 11 is 0. The van der Waals surface area contributed by atoms with Crippen LogP contribution in [0.3, 0.4) is 0 Å². The van der Waals surface area contributed by atoms with E-state index in [1.54, 1.807) is 31.4 Å². The summed E-state index contributed by atoms with van der Waals surface area (Å²) < 4.78 is 15.8. The fourth-order valence-corrected chi connectivity index (χ4v) is 3.93. The van der Waals surface area contributed by atoms with Gasteiger partial charge in [-0.1, -0.05) is 29.4 Å². The second-order valence-electron chi connectivity index (χ2n) is 7.43. The minimum Gasteiger partial charge on any atom is -0.497 e.